The molecule has 6 atom stereocenters. The van der Waals surface area contributed by atoms with Crippen LogP contribution in [0.1, 0.15) is 57.4 Å². The number of nitrogens with one attached hydrogen (secondary N) is 8. The molecule has 0 spiro atoms. The van der Waals surface area contributed by atoms with E-state index in [1.807, 2.05) is 27.7 Å². The van der Waals surface area contributed by atoms with Gasteiger partial charge >= 0.3 is 71.9 Å². The van der Waals surface area contributed by atoms with Crippen LogP contribution in [-0.2, 0) is 96.1 Å². The third-order valence-electron chi connectivity index (χ3n) is 16.3. The Morgan fingerprint density at radius 3 is 1.19 bits per heavy atom. The van der Waals surface area contributed by atoms with E-state index in [-0.39, 0.29) is 90.1 Å². The molecule has 1 aromatic heterocycles. The SMILES string of the molecule is CC[C@@H](C)C(NC(=O)[C@H](Cc1cnc[nH]1)NC)C(=O)N[C@@H](CC(C)C)C(=O)NCc1ccc(CNC(=O)CN(CCNC(=O)OC[C@@H](CN(CCN(CC(=O)O)CC(=O)O)CC(=O)O)N(CC(=O)O)CC(=O)O)CCNC(=O)OC[C@@H](CN(CCN(CC(=O)O)CC(=O)O)CC(=O)O)N(CC(=O)O)CC(=O)O)cc1. The first-order chi connectivity index (χ1) is 51.3. The maximum absolute atomic E-state index is 13.9. The summed E-state index contributed by atoms with van der Waals surface area (Å²) in [6, 6.07) is 1.18. The van der Waals surface area contributed by atoms with E-state index < -0.39 is 224 Å². The molecule has 2 rings (SSSR count). The summed E-state index contributed by atoms with van der Waals surface area (Å²) in [7, 11) is 1.61. The van der Waals surface area contributed by atoms with E-state index in [9.17, 15) is 128 Å². The molecule has 1 aromatic carbocycles. The van der Waals surface area contributed by atoms with Crippen LogP contribution < -0.4 is 37.2 Å². The molecule has 109 heavy (non-hydrogen) atoms. The number of hydrogen-bond acceptors (Lipinski definition) is 27. The van der Waals surface area contributed by atoms with E-state index in [2.05, 4.69) is 47.2 Å². The average molecular weight is 1560 g/mol. The molecule has 0 saturated heterocycles. The number of carbonyl (C=O) groups is 16. The van der Waals surface area contributed by atoms with Gasteiger partial charge in [-0.3, -0.25) is 101 Å². The highest BCUT2D eigenvalue weighted by Gasteiger charge is 2.34. The number of aliphatic carboxylic acids is 10. The van der Waals surface area contributed by atoms with Gasteiger partial charge in [0.15, 0.2) is 0 Å². The third-order valence-corrected chi connectivity index (χ3v) is 16.3. The van der Waals surface area contributed by atoms with E-state index in [0.29, 0.717) is 23.2 Å². The van der Waals surface area contributed by atoms with E-state index in [0.717, 1.165) is 29.4 Å². The third kappa shape index (κ3) is 42.4. The van der Waals surface area contributed by atoms with Crippen molar-refractivity contribution in [2.45, 2.75) is 90.3 Å². The lowest BCUT2D eigenvalue weighted by atomic mass is 9.96. The first-order valence-electron chi connectivity index (χ1n) is 34.3. The van der Waals surface area contributed by atoms with Crippen molar-refractivity contribution in [3.05, 3.63) is 53.6 Å². The van der Waals surface area contributed by atoms with Gasteiger partial charge in [-0.05, 0) is 36.4 Å². The molecule has 0 radical (unpaired) electrons. The van der Waals surface area contributed by atoms with Crippen molar-refractivity contribution in [2.75, 3.05) is 158 Å². The fraction of sp³-hybridized carbons (Fsp3) is 0.615. The normalized spacial score (nSPS) is 13.1. The van der Waals surface area contributed by atoms with Crippen molar-refractivity contribution in [3.63, 3.8) is 0 Å². The number of carbonyl (C=O) groups excluding carboxylic acids is 6. The number of carboxylic acid groups (broad SMARTS) is 10. The van der Waals surface area contributed by atoms with Crippen LogP contribution in [0.5, 0.6) is 0 Å². The summed E-state index contributed by atoms with van der Waals surface area (Å²) in [5, 5.41) is 115. The van der Waals surface area contributed by atoms with Gasteiger partial charge in [0.25, 0.3) is 0 Å². The van der Waals surface area contributed by atoms with Crippen molar-refractivity contribution in [3.8, 4) is 0 Å². The summed E-state index contributed by atoms with van der Waals surface area (Å²) >= 11 is 0. The second-order valence-electron chi connectivity index (χ2n) is 25.8. The van der Waals surface area contributed by atoms with E-state index >= 15 is 0 Å². The number of benzene rings is 1. The Labute approximate surface area is 625 Å². The first-order valence-corrected chi connectivity index (χ1v) is 34.3. The van der Waals surface area contributed by atoms with Gasteiger partial charge in [-0.25, -0.2) is 14.6 Å². The number of hydrogen-bond donors (Lipinski definition) is 18. The maximum atomic E-state index is 13.9. The molecule has 18 N–H and O–H groups in total. The van der Waals surface area contributed by atoms with Gasteiger partial charge in [0, 0.05) is 96.8 Å². The highest BCUT2D eigenvalue weighted by Crippen LogP contribution is 2.15. The summed E-state index contributed by atoms with van der Waals surface area (Å²) in [5.74, 6) is -17.3. The monoisotopic (exact) mass is 1550 g/mol. The number of amides is 6. The number of likely N-dealkylation sites (N-methyl/N-ethyl adjacent to an activating group) is 1. The number of alkyl carbamates (subject to hydrolysis) is 2. The van der Waals surface area contributed by atoms with Crippen LogP contribution in [0.15, 0.2) is 36.8 Å². The largest absolute Gasteiger partial charge is 0.480 e. The van der Waals surface area contributed by atoms with Gasteiger partial charge in [0.05, 0.1) is 96.4 Å². The highest BCUT2D eigenvalue weighted by atomic mass is 16.6. The topological polar surface area (TPSA) is 629 Å². The molecule has 0 saturated carbocycles. The lowest BCUT2D eigenvalue weighted by Gasteiger charge is -2.33. The van der Waals surface area contributed by atoms with Crippen LogP contribution in [0.4, 0.5) is 9.59 Å². The Kier molecular flexibility index (Phi) is 43.9. The van der Waals surface area contributed by atoms with Crippen molar-refractivity contribution in [1.82, 2.24) is 81.5 Å². The maximum Gasteiger partial charge on any atom is 0.407 e. The molecule has 1 unspecified atom stereocenters. The molecule has 6 amide bonds. The smallest absolute Gasteiger partial charge is 0.407 e. The van der Waals surface area contributed by atoms with Crippen LogP contribution in [0.25, 0.3) is 0 Å². The second-order valence-corrected chi connectivity index (χ2v) is 25.8. The van der Waals surface area contributed by atoms with Gasteiger partial charge in [-0.1, -0.05) is 58.4 Å². The quantitative estimate of drug-likeness (QED) is 0.0294. The number of H-pyrrole nitrogens is 1. The number of aromatic nitrogens is 2. The van der Waals surface area contributed by atoms with E-state index in [4.69, 9.17) is 9.47 Å². The number of aromatic amines is 1. The zero-order valence-electron chi connectivity index (χ0n) is 61.2. The summed E-state index contributed by atoms with van der Waals surface area (Å²) in [5.41, 5.74) is 1.88. The Hall–Kier alpha value is -10.8. The molecule has 0 fully saturated rings. The van der Waals surface area contributed by atoms with Gasteiger partial charge in [-0.2, -0.15) is 0 Å². The first kappa shape index (κ1) is 94.3. The highest BCUT2D eigenvalue weighted by molar-refractivity contribution is 5.93. The van der Waals surface area contributed by atoms with Gasteiger partial charge in [0.2, 0.25) is 23.6 Å². The minimum Gasteiger partial charge on any atom is -0.480 e. The van der Waals surface area contributed by atoms with Crippen molar-refractivity contribution < 1.29 is 137 Å². The van der Waals surface area contributed by atoms with Gasteiger partial charge < -0.3 is 103 Å². The summed E-state index contributed by atoms with van der Waals surface area (Å²) < 4.78 is 10.8. The molecular weight excluding hydrogens is 1450 g/mol. The standard InChI is InChI=1S/C65H102N16O28/c1-6-41(4)60(74-62(104)47(66-5)20-44-23-67-39-72-44)63(105)73-48(19-40(2)3)61(103)71-22-43-9-7-42(8-10-43)21-70-49(82)26-75(13-11-68-64(106)108-37-45(80(33-56(95)96)34-57(97)98)24-76(27-50(83)84)15-17-78(29-52(87)88)30-53(89)90)14-12-69-65(107)109-38-46(81(35-58(99)100)36-59(101)102)25-77(28-51(85)86)16-18-79(31-54(91)92)32-55(93)94/h7-10,23,39-41,45-48,60,66H,6,11-22,24-38H2,1-5H3,(H,67,72)(H,68,106)(H,69,107)(H,70,82)(H,71,103)(H,73,105)(H,74,104)(H,83,84)(H,85,86)(H,87,88)(H,89,90)(H,91,92)(H,93,94)(H,95,96)(H,97,98)(H,99,100)(H,101,102)/t41-,45-,46-,47+,48+,60?/m1/s1. The number of rotatable bonds is 60. The lowest BCUT2D eigenvalue weighted by molar-refractivity contribution is -0.146. The van der Waals surface area contributed by atoms with Crippen LogP contribution in [0, 0.1) is 11.8 Å². The van der Waals surface area contributed by atoms with Crippen LogP contribution in [0.2, 0.25) is 0 Å². The number of carboxylic acids is 10. The summed E-state index contributed by atoms with van der Waals surface area (Å²) in [6.07, 6.45) is 1.68. The molecule has 0 aliphatic rings. The minimum atomic E-state index is -1.55. The Balaban J connectivity index is 2.42. The minimum absolute atomic E-state index is 0.0129. The summed E-state index contributed by atoms with van der Waals surface area (Å²) in [6.45, 7) is -7.13. The zero-order valence-corrected chi connectivity index (χ0v) is 61.2. The fourth-order valence-corrected chi connectivity index (χ4v) is 10.8. The van der Waals surface area contributed by atoms with E-state index in [1.165, 1.54) is 11.2 Å². The number of nitrogens with zero attached hydrogens (tertiary/aromatic N) is 8. The van der Waals surface area contributed by atoms with Crippen LogP contribution in [-0.4, -0.2) is 379 Å². The Morgan fingerprint density at radius 2 is 0.835 bits per heavy atom. The van der Waals surface area contributed by atoms with Crippen molar-refractivity contribution in [1.29, 1.82) is 0 Å². The van der Waals surface area contributed by atoms with Crippen molar-refractivity contribution >= 4 is 95.5 Å². The zero-order chi connectivity index (χ0) is 81.9. The predicted molar refractivity (Wildman–Crippen MR) is 376 cm³/mol. The molecule has 2 aromatic rings. The molecule has 44 nitrogen and oxygen atoms in total. The molecule has 610 valence electrons. The van der Waals surface area contributed by atoms with Crippen LogP contribution in [0.3, 0.4) is 0 Å². The molecule has 0 bridgehead atoms. The lowest BCUT2D eigenvalue weighted by Crippen LogP contribution is -2.58. The second kappa shape index (κ2) is 50.7. The molecule has 44 heteroatoms. The predicted octanol–water partition coefficient (Wildman–Crippen LogP) is -5.32. The van der Waals surface area contributed by atoms with Gasteiger partial charge in [-0.15, -0.1) is 0 Å². The van der Waals surface area contributed by atoms with Crippen LogP contribution >= 0.6 is 0 Å². The molecule has 0 aliphatic carbocycles. The number of ether oxygens (including phenoxy) is 2. The molecule has 0 aliphatic heterocycles. The number of imidazole rings is 1. The average Bonchev–Trinajstić information content (AvgIpc) is 1.60. The van der Waals surface area contributed by atoms with Crippen molar-refractivity contribution in [2.24, 2.45) is 11.8 Å². The fourth-order valence-electron chi connectivity index (χ4n) is 10.8. The molecule has 1 heterocycles. The Bertz CT molecular complexity index is 3130. The van der Waals surface area contributed by atoms with Gasteiger partial charge in [0.1, 0.15) is 25.3 Å². The Morgan fingerprint density at radius 1 is 0.450 bits per heavy atom. The molecular formula is C65H102N16O28. The summed E-state index contributed by atoms with van der Waals surface area (Å²) in [4.78, 5) is 214. The van der Waals surface area contributed by atoms with E-state index in [1.54, 1.807) is 37.5 Å².